The maximum atomic E-state index is 14.0. The first-order valence-electron chi connectivity index (χ1n) is 6.10. The van der Waals surface area contributed by atoms with Gasteiger partial charge in [-0.2, -0.15) is 0 Å². The third kappa shape index (κ3) is 2.90. The maximum Gasteiger partial charge on any atom is 0.257 e. The molecular weight excluding hydrogens is 259 g/mol. The smallest absolute Gasteiger partial charge is 0.257 e. The van der Waals surface area contributed by atoms with Crippen LogP contribution in [0.3, 0.4) is 0 Å². The molecule has 6 heteroatoms. The lowest BCUT2D eigenvalue weighted by Gasteiger charge is -2.18. The molecule has 0 radical (unpaired) electrons. The zero-order chi connectivity index (χ0) is 14.5. The van der Waals surface area contributed by atoms with Crippen LogP contribution in [0.25, 0.3) is 0 Å². The third-order valence-corrected chi connectivity index (χ3v) is 2.85. The van der Waals surface area contributed by atoms with Crippen LogP contribution in [0.15, 0.2) is 36.8 Å². The molecule has 5 nitrogen and oxygen atoms in total. The third-order valence-electron chi connectivity index (χ3n) is 2.85. The second-order valence-electron chi connectivity index (χ2n) is 4.29. The van der Waals surface area contributed by atoms with Crippen molar-refractivity contribution in [2.24, 2.45) is 0 Å². The summed E-state index contributed by atoms with van der Waals surface area (Å²) < 4.78 is 14.0. The van der Waals surface area contributed by atoms with E-state index in [1.165, 1.54) is 17.2 Å². The van der Waals surface area contributed by atoms with Gasteiger partial charge in [-0.15, -0.1) is 0 Å². The monoisotopic (exact) mass is 274 g/mol. The molecule has 1 amide bonds. The number of anilines is 1. The van der Waals surface area contributed by atoms with Crippen molar-refractivity contribution in [2.75, 3.05) is 19.4 Å². The van der Waals surface area contributed by atoms with E-state index in [1.54, 1.807) is 32.6 Å². The van der Waals surface area contributed by atoms with Gasteiger partial charge in [-0.1, -0.05) is 6.07 Å². The van der Waals surface area contributed by atoms with E-state index in [4.69, 9.17) is 0 Å². The van der Waals surface area contributed by atoms with E-state index in [-0.39, 0.29) is 11.4 Å². The Kier molecular flexibility index (Phi) is 4.24. The highest BCUT2D eigenvalue weighted by Crippen LogP contribution is 2.16. The highest BCUT2D eigenvalue weighted by molar-refractivity contribution is 5.95. The molecule has 0 atom stereocenters. The van der Waals surface area contributed by atoms with Crippen LogP contribution in [-0.4, -0.2) is 34.9 Å². The van der Waals surface area contributed by atoms with Crippen LogP contribution in [-0.2, 0) is 6.54 Å². The summed E-state index contributed by atoms with van der Waals surface area (Å²) in [6, 6.07) is 5.02. The lowest BCUT2D eigenvalue weighted by molar-refractivity contribution is 0.0780. The fourth-order valence-corrected chi connectivity index (χ4v) is 1.83. The summed E-state index contributed by atoms with van der Waals surface area (Å²) >= 11 is 0. The molecule has 0 saturated heterocycles. The Balaban J connectivity index is 2.19. The van der Waals surface area contributed by atoms with E-state index < -0.39 is 11.7 Å². The molecule has 0 spiro atoms. The predicted molar refractivity (Wildman–Crippen MR) is 73.8 cm³/mol. The topological polar surface area (TPSA) is 58.1 Å². The Morgan fingerprint density at radius 1 is 1.40 bits per heavy atom. The number of hydrogen-bond acceptors (Lipinski definition) is 4. The Hall–Kier alpha value is -2.50. The van der Waals surface area contributed by atoms with Crippen molar-refractivity contribution >= 4 is 11.7 Å². The molecule has 1 N–H and O–H groups in total. The summed E-state index contributed by atoms with van der Waals surface area (Å²) in [7, 11) is 3.17. The average Bonchev–Trinajstić information content (AvgIpc) is 2.48. The van der Waals surface area contributed by atoms with E-state index in [0.29, 0.717) is 6.54 Å². The zero-order valence-electron chi connectivity index (χ0n) is 11.3. The predicted octanol–water partition coefficient (Wildman–Crippen LogP) is 1.93. The molecule has 0 aliphatic carbocycles. The van der Waals surface area contributed by atoms with Gasteiger partial charge in [-0.05, 0) is 17.7 Å². The lowest BCUT2D eigenvalue weighted by Crippen LogP contribution is -2.27. The normalized spacial score (nSPS) is 10.2. The standard InChI is InChI=1S/C14H15FN4O/c1-16-13-12(15)11(5-7-18-13)14(20)19(2)9-10-4-3-6-17-8-10/h3-8H,9H2,1-2H3,(H,16,18). The van der Waals surface area contributed by atoms with Crippen molar-refractivity contribution < 1.29 is 9.18 Å². The van der Waals surface area contributed by atoms with Gasteiger partial charge in [0.2, 0.25) is 0 Å². The molecular formula is C14H15FN4O. The molecule has 0 bridgehead atoms. The van der Waals surface area contributed by atoms with Gasteiger partial charge in [0, 0.05) is 39.2 Å². The SMILES string of the molecule is CNc1nccc(C(=O)N(C)Cc2cccnc2)c1F. The van der Waals surface area contributed by atoms with Gasteiger partial charge >= 0.3 is 0 Å². The fraction of sp³-hybridized carbons (Fsp3) is 0.214. The van der Waals surface area contributed by atoms with E-state index in [0.717, 1.165) is 5.56 Å². The molecule has 0 saturated carbocycles. The molecule has 0 aromatic carbocycles. The van der Waals surface area contributed by atoms with Crippen LogP contribution in [0.2, 0.25) is 0 Å². The molecule has 0 fully saturated rings. The zero-order valence-corrected chi connectivity index (χ0v) is 11.3. The molecule has 0 aliphatic rings. The van der Waals surface area contributed by atoms with E-state index in [2.05, 4.69) is 15.3 Å². The van der Waals surface area contributed by atoms with Crippen molar-refractivity contribution in [3.63, 3.8) is 0 Å². The highest BCUT2D eigenvalue weighted by atomic mass is 19.1. The van der Waals surface area contributed by atoms with Gasteiger partial charge in [-0.25, -0.2) is 9.37 Å². The number of halogens is 1. The summed E-state index contributed by atoms with van der Waals surface area (Å²) in [6.45, 7) is 0.364. The first kappa shape index (κ1) is 13.9. The Labute approximate surface area is 116 Å². The van der Waals surface area contributed by atoms with Crippen LogP contribution in [0, 0.1) is 5.82 Å². The van der Waals surface area contributed by atoms with Gasteiger partial charge in [0.25, 0.3) is 5.91 Å². The minimum absolute atomic E-state index is 0.00394. The number of amides is 1. The van der Waals surface area contributed by atoms with Gasteiger partial charge in [-0.3, -0.25) is 9.78 Å². The van der Waals surface area contributed by atoms with E-state index in [9.17, 15) is 9.18 Å². The summed E-state index contributed by atoms with van der Waals surface area (Å²) in [5, 5.41) is 2.61. The minimum atomic E-state index is -0.641. The Morgan fingerprint density at radius 2 is 2.20 bits per heavy atom. The molecule has 2 aromatic rings. The Bertz CT molecular complexity index is 603. The molecule has 2 heterocycles. The number of rotatable bonds is 4. The molecule has 2 rings (SSSR count). The van der Waals surface area contributed by atoms with Crippen molar-refractivity contribution in [2.45, 2.75) is 6.54 Å². The van der Waals surface area contributed by atoms with Crippen molar-refractivity contribution in [1.29, 1.82) is 0 Å². The second kappa shape index (κ2) is 6.10. The average molecular weight is 274 g/mol. The van der Waals surface area contributed by atoms with Crippen molar-refractivity contribution in [3.8, 4) is 0 Å². The maximum absolute atomic E-state index is 14.0. The lowest BCUT2D eigenvalue weighted by atomic mass is 10.2. The number of nitrogens with zero attached hydrogens (tertiary/aromatic N) is 3. The van der Waals surface area contributed by atoms with Crippen LogP contribution in [0.4, 0.5) is 10.2 Å². The number of pyridine rings is 2. The number of aromatic nitrogens is 2. The number of hydrogen-bond donors (Lipinski definition) is 1. The van der Waals surface area contributed by atoms with Gasteiger partial charge in [0.1, 0.15) is 0 Å². The fourth-order valence-electron chi connectivity index (χ4n) is 1.83. The Morgan fingerprint density at radius 3 is 2.85 bits per heavy atom. The quantitative estimate of drug-likeness (QED) is 0.925. The minimum Gasteiger partial charge on any atom is -0.371 e. The summed E-state index contributed by atoms with van der Waals surface area (Å²) in [6.07, 6.45) is 4.73. The van der Waals surface area contributed by atoms with Crippen LogP contribution < -0.4 is 5.32 Å². The molecule has 104 valence electrons. The van der Waals surface area contributed by atoms with Crippen LogP contribution in [0.5, 0.6) is 0 Å². The molecule has 0 aliphatic heterocycles. The van der Waals surface area contributed by atoms with Crippen molar-refractivity contribution in [3.05, 3.63) is 53.7 Å². The largest absolute Gasteiger partial charge is 0.371 e. The molecule has 2 aromatic heterocycles. The summed E-state index contributed by atoms with van der Waals surface area (Å²) in [5.41, 5.74) is 0.877. The van der Waals surface area contributed by atoms with Gasteiger partial charge in [0.05, 0.1) is 5.56 Å². The highest BCUT2D eigenvalue weighted by Gasteiger charge is 2.19. The summed E-state index contributed by atoms with van der Waals surface area (Å²) in [5.74, 6) is -0.978. The number of nitrogens with one attached hydrogen (secondary N) is 1. The van der Waals surface area contributed by atoms with Gasteiger partial charge in [0.15, 0.2) is 11.6 Å². The number of carbonyl (C=O) groups excluding carboxylic acids is 1. The second-order valence-corrected chi connectivity index (χ2v) is 4.29. The first-order valence-corrected chi connectivity index (χ1v) is 6.10. The summed E-state index contributed by atoms with van der Waals surface area (Å²) in [4.78, 5) is 21.5. The molecule has 20 heavy (non-hydrogen) atoms. The van der Waals surface area contributed by atoms with Crippen LogP contribution >= 0.6 is 0 Å². The first-order chi connectivity index (χ1) is 9.63. The van der Waals surface area contributed by atoms with Crippen molar-refractivity contribution in [1.82, 2.24) is 14.9 Å². The van der Waals surface area contributed by atoms with E-state index in [1.807, 2.05) is 6.07 Å². The number of carbonyl (C=O) groups is 1. The van der Waals surface area contributed by atoms with Gasteiger partial charge < -0.3 is 10.2 Å². The van der Waals surface area contributed by atoms with E-state index >= 15 is 0 Å². The molecule has 0 unspecified atom stereocenters. The van der Waals surface area contributed by atoms with Crippen LogP contribution in [0.1, 0.15) is 15.9 Å².